The predicted octanol–water partition coefficient (Wildman–Crippen LogP) is 2.90. The number of rotatable bonds is 4. The Morgan fingerprint density at radius 3 is 2.21 bits per heavy atom. The highest BCUT2D eigenvalue weighted by molar-refractivity contribution is 6.30. The molecule has 4 heteroatoms. The van der Waals surface area contributed by atoms with Crippen LogP contribution in [0.15, 0.2) is 48.5 Å². The van der Waals surface area contributed by atoms with Crippen molar-refractivity contribution >= 4 is 17.5 Å². The van der Waals surface area contributed by atoms with Crippen molar-refractivity contribution in [1.29, 1.82) is 0 Å². The average molecular weight is 276 g/mol. The first-order valence-electron chi connectivity index (χ1n) is 5.92. The van der Waals surface area contributed by atoms with Crippen molar-refractivity contribution < 1.29 is 9.90 Å². The SMILES string of the molecule is O=C(Cc1ccc(Cl)cc1)NCc1ccc(O)cc1. The zero-order valence-corrected chi connectivity index (χ0v) is 11.0. The molecule has 0 saturated heterocycles. The first-order chi connectivity index (χ1) is 9.13. The maximum absolute atomic E-state index is 11.7. The molecule has 0 unspecified atom stereocenters. The third-order valence-corrected chi connectivity index (χ3v) is 2.96. The number of benzene rings is 2. The number of phenolic OH excluding ortho intramolecular Hbond substituents is 1. The van der Waals surface area contributed by atoms with Gasteiger partial charge >= 0.3 is 0 Å². The Balaban J connectivity index is 1.84. The predicted molar refractivity (Wildman–Crippen MR) is 75.1 cm³/mol. The lowest BCUT2D eigenvalue weighted by Gasteiger charge is -2.06. The molecule has 0 aliphatic rings. The molecule has 3 nitrogen and oxygen atoms in total. The van der Waals surface area contributed by atoms with Gasteiger partial charge in [0.05, 0.1) is 6.42 Å². The summed E-state index contributed by atoms with van der Waals surface area (Å²) >= 11 is 5.78. The van der Waals surface area contributed by atoms with Crippen LogP contribution in [0.2, 0.25) is 5.02 Å². The van der Waals surface area contributed by atoms with E-state index in [1.807, 2.05) is 12.1 Å². The number of phenols is 1. The summed E-state index contributed by atoms with van der Waals surface area (Å²) in [5, 5.41) is 12.6. The third-order valence-electron chi connectivity index (χ3n) is 2.70. The molecule has 2 N–H and O–H groups in total. The number of carbonyl (C=O) groups is 1. The van der Waals surface area contributed by atoms with Gasteiger partial charge in [-0.25, -0.2) is 0 Å². The summed E-state index contributed by atoms with van der Waals surface area (Å²) in [4.78, 5) is 11.7. The van der Waals surface area contributed by atoms with E-state index in [2.05, 4.69) is 5.32 Å². The van der Waals surface area contributed by atoms with E-state index in [0.717, 1.165) is 11.1 Å². The lowest BCUT2D eigenvalue weighted by molar-refractivity contribution is -0.120. The summed E-state index contributed by atoms with van der Waals surface area (Å²) in [5.41, 5.74) is 1.87. The van der Waals surface area contributed by atoms with Crippen LogP contribution in [0, 0.1) is 0 Å². The average Bonchev–Trinajstić information content (AvgIpc) is 2.41. The zero-order valence-electron chi connectivity index (χ0n) is 10.3. The largest absolute Gasteiger partial charge is 0.508 e. The van der Waals surface area contributed by atoms with E-state index < -0.39 is 0 Å². The van der Waals surface area contributed by atoms with E-state index in [9.17, 15) is 4.79 Å². The van der Waals surface area contributed by atoms with Crippen molar-refractivity contribution in [1.82, 2.24) is 5.32 Å². The minimum atomic E-state index is -0.0459. The normalized spacial score (nSPS) is 10.2. The second-order valence-corrected chi connectivity index (χ2v) is 4.68. The molecule has 0 fully saturated rings. The molecular formula is C15H14ClNO2. The fourth-order valence-corrected chi connectivity index (χ4v) is 1.79. The first-order valence-corrected chi connectivity index (χ1v) is 6.30. The maximum Gasteiger partial charge on any atom is 0.224 e. The zero-order chi connectivity index (χ0) is 13.7. The molecule has 0 aliphatic heterocycles. The second kappa shape index (κ2) is 6.25. The fourth-order valence-electron chi connectivity index (χ4n) is 1.66. The highest BCUT2D eigenvalue weighted by Crippen LogP contribution is 2.11. The monoisotopic (exact) mass is 275 g/mol. The molecule has 0 bridgehead atoms. The van der Waals surface area contributed by atoms with Crippen LogP contribution in [-0.4, -0.2) is 11.0 Å². The van der Waals surface area contributed by atoms with Gasteiger partial charge in [0.2, 0.25) is 5.91 Å². The molecule has 0 heterocycles. The van der Waals surface area contributed by atoms with Gasteiger partial charge in [-0.15, -0.1) is 0 Å². The van der Waals surface area contributed by atoms with Crippen molar-refractivity contribution in [2.24, 2.45) is 0 Å². The molecule has 2 rings (SSSR count). The lowest BCUT2D eigenvalue weighted by atomic mass is 10.1. The molecule has 1 amide bonds. The third kappa shape index (κ3) is 4.30. The van der Waals surface area contributed by atoms with Crippen molar-refractivity contribution in [3.63, 3.8) is 0 Å². The maximum atomic E-state index is 11.7. The lowest BCUT2D eigenvalue weighted by Crippen LogP contribution is -2.24. The molecule has 0 spiro atoms. The first kappa shape index (κ1) is 13.4. The Kier molecular flexibility index (Phi) is 4.42. The van der Waals surface area contributed by atoms with Crippen LogP contribution in [0.1, 0.15) is 11.1 Å². The second-order valence-electron chi connectivity index (χ2n) is 4.25. The van der Waals surface area contributed by atoms with E-state index in [1.165, 1.54) is 0 Å². The molecule has 2 aromatic carbocycles. The van der Waals surface area contributed by atoms with Crippen molar-refractivity contribution in [3.05, 3.63) is 64.7 Å². The fraction of sp³-hybridized carbons (Fsp3) is 0.133. The molecule has 98 valence electrons. The molecule has 0 saturated carbocycles. The van der Waals surface area contributed by atoms with Crippen molar-refractivity contribution in [3.8, 4) is 5.75 Å². The van der Waals surface area contributed by atoms with Crippen LogP contribution in [0.25, 0.3) is 0 Å². The van der Waals surface area contributed by atoms with Crippen molar-refractivity contribution in [2.45, 2.75) is 13.0 Å². The quantitative estimate of drug-likeness (QED) is 0.901. The van der Waals surface area contributed by atoms with Gasteiger partial charge in [0.15, 0.2) is 0 Å². The molecule has 19 heavy (non-hydrogen) atoms. The number of amides is 1. The minimum absolute atomic E-state index is 0.0459. The van der Waals surface area contributed by atoms with Gasteiger partial charge in [-0.2, -0.15) is 0 Å². The highest BCUT2D eigenvalue weighted by Gasteiger charge is 2.03. The molecule has 0 aromatic heterocycles. The Labute approximate surface area is 116 Å². The van der Waals surface area contributed by atoms with Gasteiger partial charge < -0.3 is 10.4 Å². The topological polar surface area (TPSA) is 49.3 Å². The number of hydrogen-bond donors (Lipinski definition) is 2. The number of halogens is 1. The smallest absolute Gasteiger partial charge is 0.224 e. The number of carbonyl (C=O) groups excluding carboxylic acids is 1. The molecule has 0 atom stereocenters. The molecular weight excluding hydrogens is 262 g/mol. The summed E-state index contributed by atoms with van der Waals surface area (Å²) in [6, 6.07) is 14.0. The Morgan fingerprint density at radius 2 is 1.58 bits per heavy atom. The van der Waals surface area contributed by atoms with Crippen LogP contribution >= 0.6 is 11.6 Å². The summed E-state index contributed by atoms with van der Waals surface area (Å²) in [5.74, 6) is 0.173. The van der Waals surface area contributed by atoms with Gasteiger partial charge in [0.25, 0.3) is 0 Å². The van der Waals surface area contributed by atoms with Gasteiger partial charge in [-0.05, 0) is 35.4 Å². The van der Waals surface area contributed by atoms with Gasteiger partial charge in [-0.1, -0.05) is 35.9 Å². The summed E-state index contributed by atoms with van der Waals surface area (Å²) in [6.07, 6.45) is 0.329. The van der Waals surface area contributed by atoms with Gasteiger partial charge in [-0.3, -0.25) is 4.79 Å². The van der Waals surface area contributed by atoms with E-state index in [1.54, 1.807) is 36.4 Å². The Hall–Kier alpha value is -2.00. The van der Waals surface area contributed by atoms with Crippen LogP contribution in [0.5, 0.6) is 5.75 Å². The number of hydrogen-bond acceptors (Lipinski definition) is 2. The van der Waals surface area contributed by atoms with E-state index in [0.29, 0.717) is 18.0 Å². The molecule has 0 aliphatic carbocycles. The van der Waals surface area contributed by atoms with Crippen LogP contribution in [-0.2, 0) is 17.8 Å². The van der Waals surface area contributed by atoms with Gasteiger partial charge in [0, 0.05) is 11.6 Å². The van der Waals surface area contributed by atoms with Gasteiger partial charge in [0.1, 0.15) is 5.75 Å². The van der Waals surface area contributed by atoms with E-state index in [-0.39, 0.29) is 11.7 Å². The summed E-state index contributed by atoms with van der Waals surface area (Å²) in [6.45, 7) is 0.451. The Morgan fingerprint density at radius 1 is 1.00 bits per heavy atom. The number of nitrogens with one attached hydrogen (secondary N) is 1. The van der Waals surface area contributed by atoms with Crippen LogP contribution < -0.4 is 5.32 Å². The number of aromatic hydroxyl groups is 1. The standard InChI is InChI=1S/C15H14ClNO2/c16-13-5-1-11(2-6-13)9-15(19)17-10-12-3-7-14(18)8-4-12/h1-8,18H,9-10H2,(H,17,19). The van der Waals surface area contributed by atoms with E-state index >= 15 is 0 Å². The van der Waals surface area contributed by atoms with E-state index in [4.69, 9.17) is 16.7 Å². The van der Waals surface area contributed by atoms with Crippen molar-refractivity contribution in [2.75, 3.05) is 0 Å². The molecule has 2 aromatic rings. The van der Waals surface area contributed by atoms with Crippen LogP contribution in [0.4, 0.5) is 0 Å². The van der Waals surface area contributed by atoms with Crippen LogP contribution in [0.3, 0.4) is 0 Å². The summed E-state index contributed by atoms with van der Waals surface area (Å²) in [7, 11) is 0. The minimum Gasteiger partial charge on any atom is -0.508 e. The summed E-state index contributed by atoms with van der Waals surface area (Å²) < 4.78 is 0. The highest BCUT2D eigenvalue weighted by atomic mass is 35.5. The molecule has 0 radical (unpaired) electrons. The Bertz CT molecular complexity index is 549.